The molecule has 3 rings (SSSR count). The van der Waals surface area contributed by atoms with Crippen LogP contribution in [0.4, 0.5) is 5.69 Å². The summed E-state index contributed by atoms with van der Waals surface area (Å²) >= 11 is 6.25. The van der Waals surface area contributed by atoms with Crippen molar-refractivity contribution in [2.75, 3.05) is 16.4 Å². The maximum atomic E-state index is 11.9. The minimum absolute atomic E-state index is 0.0481. The molecule has 23 heavy (non-hydrogen) atoms. The Morgan fingerprint density at radius 2 is 1.70 bits per heavy atom. The molecule has 0 amide bonds. The zero-order chi connectivity index (χ0) is 16.4. The van der Waals surface area contributed by atoms with Gasteiger partial charge in [-0.15, -0.1) is 0 Å². The summed E-state index contributed by atoms with van der Waals surface area (Å²) in [5.74, 6) is -0.239. The van der Waals surface area contributed by atoms with Gasteiger partial charge in [-0.3, -0.25) is 0 Å². The third kappa shape index (κ3) is 3.68. The molecule has 0 saturated carbocycles. The predicted molar refractivity (Wildman–Crippen MR) is 92.5 cm³/mol. The number of aliphatic hydroxyl groups excluding tert-OH is 1. The zero-order valence-corrected chi connectivity index (χ0v) is 14.0. The highest BCUT2D eigenvalue weighted by molar-refractivity contribution is 7.91. The van der Waals surface area contributed by atoms with E-state index in [1.54, 1.807) is 0 Å². The number of hydrogen-bond acceptors (Lipinski definition) is 4. The molecule has 1 heterocycles. The maximum absolute atomic E-state index is 11.9. The summed E-state index contributed by atoms with van der Waals surface area (Å²) in [6, 6.07) is 16.5. The summed E-state index contributed by atoms with van der Waals surface area (Å²) in [4.78, 5) is 1.93. The number of aliphatic hydroxyl groups is 1. The number of benzene rings is 2. The fourth-order valence-corrected chi connectivity index (χ4v) is 4.93. The van der Waals surface area contributed by atoms with Gasteiger partial charge < -0.3 is 10.0 Å². The van der Waals surface area contributed by atoms with Crippen LogP contribution < -0.4 is 4.90 Å². The summed E-state index contributed by atoms with van der Waals surface area (Å²) in [7, 11) is -3.22. The van der Waals surface area contributed by atoms with Crippen LogP contribution in [0.5, 0.6) is 0 Å². The van der Waals surface area contributed by atoms with E-state index in [2.05, 4.69) is 0 Å². The van der Waals surface area contributed by atoms with Crippen molar-refractivity contribution >= 4 is 27.1 Å². The van der Waals surface area contributed by atoms with Gasteiger partial charge in [0.25, 0.3) is 0 Å². The van der Waals surface area contributed by atoms with Crippen LogP contribution in [-0.2, 0) is 16.4 Å². The Bertz CT molecular complexity index is 779. The van der Waals surface area contributed by atoms with Crippen LogP contribution in [0.1, 0.15) is 5.56 Å². The zero-order valence-electron chi connectivity index (χ0n) is 12.5. The van der Waals surface area contributed by atoms with Gasteiger partial charge in [-0.25, -0.2) is 8.42 Å². The number of nitrogens with zero attached hydrogens (tertiary/aromatic N) is 1. The van der Waals surface area contributed by atoms with Crippen molar-refractivity contribution in [3.05, 3.63) is 65.2 Å². The molecule has 6 heteroatoms. The average molecular weight is 352 g/mol. The smallest absolute Gasteiger partial charge is 0.155 e. The Kier molecular flexibility index (Phi) is 4.62. The van der Waals surface area contributed by atoms with E-state index in [9.17, 15) is 13.5 Å². The molecule has 2 aromatic rings. The predicted octanol–water partition coefficient (Wildman–Crippen LogP) is 2.50. The van der Waals surface area contributed by atoms with Crippen LogP contribution in [0.15, 0.2) is 54.6 Å². The van der Waals surface area contributed by atoms with Crippen LogP contribution in [0, 0.1) is 0 Å². The highest BCUT2D eigenvalue weighted by atomic mass is 35.5. The second kappa shape index (κ2) is 6.51. The Morgan fingerprint density at radius 3 is 2.30 bits per heavy atom. The molecular weight excluding hydrogens is 334 g/mol. The summed E-state index contributed by atoms with van der Waals surface area (Å²) in [6.45, 7) is 0.445. The normalized spacial score (nSPS) is 22.9. The Labute approximate surface area is 141 Å². The summed E-state index contributed by atoms with van der Waals surface area (Å²) < 4.78 is 23.8. The Hall–Kier alpha value is -1.56. The lowest BCUT2D eigenvalue weighted by Crippen LogP contribution is -2.43. The second-order valence-electron chi connectivity index (χ2n) is 5.77. The van der Waals surface area contributed by atoms with Gasteiger partial charge in [-0.1, -0.05) is 48.0 Å². The van der Waals surface area contributed by atoms with Gasteiger partial charge in [0.2, 0.25) is 0 Å². The van der Waals surface area contributed by atoms with E-state index in [1.807, 2.05) is 59.5 Å². The number of hydrogen-bond donors (Lipinski definition) is 1. The molecule has 0 radical (unpaired) electrons. The first kappa shape index (κ1) is 16.3. The van der Waals surface area contributed by atoms with E-state index in [4.69, 9.17) is 11.6 Å². The van der Waals surface area contributed by atoms with Crippen LogP contribution >= 0.6 is 11.6 Å². The average Bonchev–Trinajstić information content (AvgIpc) is 2.80. The Balaban J connectivity index is 1.97. The lowest BCUT2D eigenvalue weighted by Gasteiger charge is -2.32. The van der Waals surface area contributed by atoms with Crippen molar-refractivity contribution in [2.45, 2.75) is 18.7 Å². The first-order valence-electron chi connectivity index (χ1n) is 7.40. The number of para-hydroxylation sites is 1. The summed E-state index contributed by atoms with van der Waals surface area (Å²) in [5, 5.41) is 10.9. The molecule has 0 bridgehead atoms. The molecule has 1 aliphatic rings. The van der Waals surface area contributed by atoms with Crippen LogP contribution in [-0.4, -0.2) is 37.2 Å². The fourth-order valence-electron chi connectivity index (χ4n) is 2.94. The standard InChI is InChI=1S/C17H18ClNO3S/c18-15-9-5-4-6-13(15)10-19(14-7-2-1-3-8-14)16-11-23(21,22)12-17(16)20/h1-9,16-17,20H,10-12H2/t16-,17-/m0/s1. The van der Waals surface area contributed by atoms with Crippen molar-refractivity contribution in [1.82, 2.24) is 0 Å². The number of anilines is 1. The van der Waals surface area contributed by atoms with Crippen molar-refractivity contribution in [3.8, 4) is 0 Å². The van der Waals surface area contributed by atoms with E-state index in [0.717, 1.165) is 11.3 Å². The van der Waals surface area contributed by atoms with Gasteiger partial charge in [-0.05, 0) is 23.8 Å². The van der Waals surface area contributed by atoms with Gasteiger partial charge in [0, 0.05) is 17.3 Å². The molecule has 0 spiro atoms. The Morgan fingerprint density at radius 1 is 1.04 bits per heavy atom. The highest BCUT2D eigenvalue weighted by Gasteiger charge is 2.40. The van der Waals surface area contributed by atoms with Crippen LogP contribution in [0.25, 0.3) is 0 Å². The topological polar surface area (TPSA) is 57.6 Å². The summed E-state index contributed by atoms with van der Waals surface area (Å²) in [6.07, 6.45) is -0.900. The molecule has 0 aliphatic carbocycles. The molecule has 0 unspecified atom stereocenters. The monoisotopic (exact) mass is 351 g/mol. The van der Waals surface area contributed by atoms with E-state index >= 15 is 0 Å². The first-order chi connectivity index (χ1) is 11.0. The molecule has 0 aromatic heterocycles. The van der Waals surface area contributed by atoms with Crippen molar-refractivity contribution in [1.29, 1.82) is 0 Å². The van der Waals surface area contributed by atoms with E-state index in [-0.39, 0.29) is 11.5 Å². The lowest BCUT2D eigenvalue weighted by molar-refractivity contribution is 0.178. The van der Waals surface area contributed by atoms with Crippen LogP contribution in [0.3, 0.4) is 0 Å². The molecule has 1 aliphatic heterocycles. The first-order valence-corrected chi connectivity index (χ1v) is 9.60. The highest BCUT2D eigenvalue weighted by Crippen LogP contribution is 2.28. The molecular formula is C17H18ClNO3S. The molecule has 2 atom stereocenters. The molecule has 1 fully saturated rings. The van der Waals surface area contributed by atoms with Gasteiger partial charge in [-0.2, -0.15) is 0 Å². The second-order valence-corrected chi connectivity index (χ2v) is 8.33. The van der Waals surface area contributed by atoms with E-state index < -0.39 is 22.0 Å². The number of halogens is 1. The van der Waals surface area contributed by atoms with Crippen LogP contribution in [0.2, 0.25) is 5.02 Å². The van der Waals surface area contributed by atoms with E-state index in [0.29, 0.717) is 11.6 Å². The van der Waals surface area contributed by atoms with Gasteiger partial charge >= 0.3 is 0 Å². The SMILES string of the molecule is O=S1(=O)C[C@H](O)[C@@H](N(Cc2ccccc2Cl)c2ccccc2)C1. The number of sulfone groups is 1. The van der Waals surface area contributed by atoms with Gasteiger partial charge in [0.15, 0.2) is 9.84 Å². The third-order valence-electron chi connectivity index (χ3n) is 4.08. The van der Waals surface area contributed by atoms with Crippen molar-refractivity contribution in [3.63, 3.8) is 0 Å². The number of rotatable bonds is 4. The molecule has 4 nitrogen and oxygen atoms in total. The fraction of sp³-hybridized carbons (Fsp3) is 0.294. The quantitative estimate of drug-likeness (QED) is 0.919. The minimum Gasteiger partial charge on any atom is -0.390 e. The third-order valence-corrected chi connectivity index (χ3v) is 6.15. The maximum Gasteiger partial charge on any atom is 0.155 e. The minimum atomic E-state index is -3.22. The molecule has 2 aromatic carbocycles. The summed E-state index contributed by atoms with van der Waals surface area (Å²) in [5.41, 5.74) is 1.77. The molecule has 1 N–H and O–H groups in total. The van der Waals surface area contributed by atoms with Gasteiger partial charge in [0.1, 0.15) is 0 Å². The lowest BCUT2D eigenvalue weighted by atomic mass is 10.1. The molecule has 122 valence electrons. The molecule has 1 saturated heterocycles. The van der Waals surface area contributed by atoms with E-state index in [1.165, 1.54) is 0 Å². The van der Waals surface area contributed by atoms with Gasteiger partial charge in [0.05, 0.1) is 23.7 Å². The van der Waals surface area contributed by atoms with Crippen molar-refractivity contribution < 1.29 is 13.5 Å². The van der Waals surface area contributed by atoms with Crippen molar-refractivity contribution in [2.24, 2.45) is 0 Å². The largest absolute Gasteiger partial charge is 0.390 e.